The quantitative estimate of drug-likeness (QED) is 0.501. The topological polar surface area (TPSA) is 52.6 Å². The van der Waals surface area contributed by atoms with E-state index in [9.17, 15) is 9.13 Å². The lowest BCUT2D eigenvalue weighted by Gasteiger charge is -2.22. The predicted octanol–water partition coefficient (Wildman–Crippen LogP) is 3.77. The van der Waals surface area contributed by atoms with E-state index in [0.29, 0.717) is 6.61 Å². The lowest BCUT2D eigenvalue weighted by molar-refractivity contribution is -0.162. The number of ether oxygens (including phenoxy) is 2. The summed E-state index contributed by atoms with van der Waals surface area (Å²) in [6.45, 7) is 3.11. The first-order valence-corrected chi connectivity index (χ1v) is 8.85. The van der Waals surface area contributed by atoms with Gasteiger partial charge in [0.1, 0.15) is 6.66 Å². The molecule has 0 aliphatic carbocycles. The van der Waals surface area contributed by atoms with Gasteiger partial charge in [-0.25, -0.2) is 0 Å². The molecule has 6 heteroatoms. The molecule has 0 N–H and O–H groups in total. The normalized spacial score (nSPS) is 23.6. The molecule has 0 aromatic carbocycles. The van der Waals surface area contributed by atoms with Crippen LogP contribution in [0.2, 0.25) is 0 Å². The minimum Gasteiger partial charge on any atom is -0.353 e. The van der Waals surface area contributed by atoms with Gasteiger partial charge < -0.3 is 9.47 Å². The zero-order chi connectivity index (χ0) is 12.5. The summed E-state index contributed by atoms with van der Waals surface area (Å²) in [5, 5.41) is -0.184. The van der Waals surface area contributed by atoms with Crippen LogP contribution in [-0.4, -0.2) is 31.6 Å². The molecular formula is C11H21O4P2+. The minimum atomic E-state index is -1.34. The van der Waals surface area contributed by atoms with Gasteiger partial charge in [-0.05, 0) is 32.1 Å². The van der Waals surface area contributed by atoms with E-state index in [-0.39, 0.29) is 20.2 Å². The highest BCUT2D eigenvalue weighted by Gasteiger charge is 2.24. The highest BCUT2D eigenvalue weighted by atomic mass is 31.1. The molecule has 1 aliphatic heterocycles. The Balaban J connectivity index is 1.99. The predicted molar refractivity (Wildman–Crippen MR) is 68.3 cm³/mol. The Hall–Kier alpha value is 0.120. The molecule has 1 fully saturated rings. The maximum absolute atomic E-state index is 11.2. The SMILES string of the molecule is C[P+](=O)C(CCCCOC1CCCCO1)P=O. The maximum atomic E-state index is 11.2. The minimum absolute atomic E-state index is 0.00570. The molecule has 17 heavy (non-hydrogen) atoms. The Morgan fingerprint density at radius 3 is 2.88 bits per heavy atom. The Kier molecular flexibility index (Phi) is 8.13. The van der Waals surface area contributed by atoms with Gasteiger partial charge in [-0.15, -0.1) is 0 Å². The van der Waals surface area contributed by atoms with Crippen molar-refractivity contribution in [3.8, 4) is 0 Å². The lowest BCUT2D eigenvalue weighted by Crippen LogP contribution is -2.22. The molecule has 0 aromatic heterocycles. The van der Waals surface area contributed by atoms with Gasteiger partial charge in [0, 0.05) is 19.6 Å². The van der Waals surface area contributed by atoms with Crippen molar-refractivity contribution in [2.45, 2.75) is 50.2 Å². The molecule has 1 heterocycles. The molecule has 0 saturated carbocycles. The molecule has 1 saturated heterocycles. The molecule has 0 amide bonds. The van der Waals surface area contributed by atoms with Crippen molar-refractivity contribution in [2.24, 2.45) is 0 Å². The molecule has 0 spiro atoms. The molecule has 0 bridgehead atoms. The van der Waals surface area contributed by atoms with Crippen molar-refractivity contribution in [1.29, 1.82) is 0 Å². The summed E-state index contributed by atoms with van der Waals surface area (Å²) in [6, 6.07) is 0. The smallest absolute Gasteiger partial charge is 0.350 e. The zero-order valence-corrected chi connectivity index (χ0v) is 12.1. The first-order valence-electron chi connectivity index (χ1n) is 6.19. The molecule has 4 nitrogen and oxygen atoms in total. The van der Waals surface area contributed by atoms with Gasteiger partial charge in [-0.2, -0.15) is 0 Å². The highest BCUT2D eigenvalue weighted by molar-refractivity contribution is 7.56. The third-order valence-corrected chi connectivity index (χ3v) is 5.70. The zero-order valence-electron chi connectivity index (χ0n) is 10.3. The molecule has 98 valence electrons. The van der Waals surface area contributed by atoms with Crippen LogP contribution in [0.5, 0.6) is 0 Å². The van der Waals surface area contributed by atoms with Gasteiger partial charge in [-0.1, -0.05) is 4.57 Å². The van der Waals surface area contributed by atoms with E-state index < -0.39 is 7.80 Å². The third kappa shape index (κ3) is 6.57. The van der Waals surface area contributed by atoms with Crippen LogP contribution in [0.1, 0.15) is 38.5 Å². The van der Waals surface area contributed by atoms with Gasteiger partial charge in [0.25, 0.3) is 0 Å². The standard InChI is InChI=1S/C11H21O4P2/c1-17(13)11(16-12)7-3-5-9-15-10-6-2-4-8-14-10/h10-11H,2-9H2,1H3/q+1. The highest BCUT2D eigenvalue weighted by Crippen LogP contribution is 2.35. The van der Waals surface area contributed by atoms with Crippen molar-refractivity contribution in [2.75, 3.05) is 19.9 Å². The van der Waals surface area contributed by atoms with Crippen molar-refractivity contribution < 1.29 is 18.6 Å². The fraction of sp³-hybridized carbons (Fsp3) is 1.00. The molecule has 0 radical (unpaired) electrons. The summed E-state index contributed by atoms with van der Waals surface area (Å²) in [5.41, 5.74) is 0. The monoisotopic (exact) mass is 279 g/mol. The van der Waals surface area contributed by atoms with Crippen LogP contribution < -0.4 is 0 Å². The average Bonchev–Trinajstić information content (AvgIpc) is 2.34. The maximum Gasteiger partial charge on any atom is 0.350 e. The van der Waals surface area contributed by atoms with Gasteiger partial charge in [0.05, 0.1) is 0 Å². The first kappa shape index (κ1) is 15.2. The Labute approximate surface area is 105 Å². The van der Waals surface area contributed by atoms with Crippen LogP contribution >= 0.6 is 16.3 Å². The summed E-state index contributed by atoms with van der Waals surface area (Å²) >= 11 is 0. The average molecular weight is 279 g/mol. The van der Waals surface area contributed by atoms with E-state index in [1.807, 2.05) is 0 Å². The van der Waals surface area contributed by atoms with E-state index in [2.05, 4.69) is 0 Å². The van der Waals surface area contributed by atoms with Gasteiger partial charge in [0.2, 0.25) is 13.9 Å². The van der Waals surface area contributed by atoms with Crippen LogP contribution in [-0.2, 0) is 18.6 Å². The lowest BCUT2D eigenvalue weighted by atomic mass is 10.2. The van der Waals surface area contributed by atoms with Crippen molar-refractivity contribution in [3.05, 3.63) is 0 Å². The van der Waals surface area contributed by atoms with Crippen LogP contribution in [0, 0.1) is 0 Å². The molecule has 1 aliphatic rings. The van der Waals surface area contributed by atoms with Crippen LogP contribution in [0.4, 0.5) is 0 Å². The summed E-state index contributed by atoms with van der Waals surface area (Å²) in [4.78, 5) is 0. The fourth-order valence-electron chi connectivity index (χ4n) is 1.79. The second kappa shape index (κ2) is 9.10. The van der Waals surface area contributed by atoms with E-state index >= 15 is 0 Å². The van der Waals surface area contributed by atoms with E-state index in [1.54, 1.807) is 6.66 Å². The van der Waals surface area contributed by atoms with Gasteiger partial charge in [-0.3, -0.25) is 4.57 Å². The molecule has 3 atom stereocenters. The fourth-order valence-corrected chi connectivity index (χ4v) is 3.15. The summed E-state index contributed by atoms with van der Waals surface area (Å²) in [5.74, 6) is 0. The number of hydrogen-bond acceptors (Lipinski definition) is 4. The summed E-state index contributed by atoms with van der Waals surface area (Å²) in [7, 11) is -1.33. The summed E-state index contributed by atoms with van der Waals surface area (Å²) in [6.07, 6.45) is 5.83. The number of unbranched alkanes of at least 4 members (excludes halogenated alkanes) is 1. The van der Waals surface area contributed by atoms with E-state index in [0.717, 1.165) is 38.7 Å². The molecule has 3 unspecified atom stereocenters. The van der Waals surface area contributed by atoms with Crippen LogP contribution in [0.25, 0.3) is 0 Å². The van der Waals surface area contributed by atoms with Crippen molar-refractivity contribution in [1.82, 2.24) is 0 Å². The van der Waals surface area contributed by atoms with E-state index in [4.69, 9.17) is 9.47 Å². The second-order valence-corrected chi connectivity index (χ2v) is 7.25. The van der Waals surface area contributed by atoms with Gasteiger partial charge >= 0.3 is 7.80 Å². The second-order valence-electron chi connectivity index (χ2n) is 4.29. The molecular weight excluding hydrogens is 258 g/mol. The Bertz CT molecular complexity index is 242. The Morgan fingerprint density at radius 2 is 2.29 bits per heavy atom. The van der Waals surface area contributed by atoms with E-state index in [1.165, 1.54) is 6.42 Å². The largest absolute Gasteiger partial charge is 0.353 e. The number of hydrogen-bond donors (Lipinski definition) is 0. The number of rotatable bonds is 8. The molecule has 1 rings (SSSR count). The third-order valence-electron chi connectivity index (χ3n) is 2.84. The van der Waals surface area contributed by atoms with Crippen molar-refractivity contribution in [3.63, 3.8) is 0 Å². The van der Waals surface area contributed by atoms with Crippen LogP contribution in [0.15, 0.2) is 0 Å². The van der Waals surface area contributed by atoms with Gasteiger partial charge in [0.15, 0.2) is 6.29 Å². The summed E-state index contributed by atoms with van der Waals surface area (Å²) < 4.78 is 32.9. The van der Waals surface area contributed by atoms with Crippen LogP contribution in [0.3, 0.4) is 0 Å². The molecule has 0 aromatic rings. The first-order chi connectivity index (χ1) is 8.24. The Morgan fingerprint density at radius 1 is 1.47 bits per heavy atom. The van der Waals surface area contributed by atoms with Crippen molar-refractivity contribution >= 4 is 16.3 Å².